The van der Waals surface area contributed by atoms with Gasteiger partial charge in [0.15, 0.2) is 0 Å². The second kappa shape index (κ2) is 3.88. The highest BCUT2D eigenvalue weighted by molar-refractivity contribution is 6.07. The van der Waals surface area contributed by atoms with Crippen molar-refractivity contribution in [1.29, 1.82) is 0 Å². The van der Waals surface area contributed by atoms with E-state index in [0.29, 0.717) is 5.41 Å². The summed E-state index contributed by atoms with van der Waals surface area (Å²) >= 11 is 0. The summed E-state index contributed by atoms with van der Waals surface area (Å²) in [6, 6.07) is 15.3. The van der Waals surface area contributed by atoms with E-state index in [1.54, 1.807) is 0 Å². The monoisotopic (exact) mass is 237 g/mol. The SMILES string of the molecule is CC(C)(C)Cc1ccc2c(c1)[nH]c1ccccc12. The fourth-order valence-electron chi connectivity index (χ4n) is 2.62. The lowest BCUT2D eigenvalue weighted by Crippen LogP contribution is -2.08. The highest BCUT2D eigenvalue weighted by Crippen LogP contribution is 2.28. The first-order chi connectivity index (χ1) is 8.53. The van der Waals surface area contributed by atoms with Crippen LogP contribution in [0.15, 0.2) is 42.5 Å². The predicted octanol–water partition coefficient (Wildman–Crippen LogP) is 4.91. The summed E-state index contributed by atoms with van der Waals surface area (Å²) in [4.78, 5) is 3.50. The highest BCUT2D eigenvalue weighted by Gasteiger charge is 2.12. The second-order valence-corrected chi connectivity index (χ2v) is 6.29. The van der Waals surface area contributed by atoms with Crippen molar-refractivity contribution in [3.63, 3.8) is 0 Å². The lowest BCUT2D eigenvalue weighted by atomic mass is 9.88. The van der Waals surface area contributed by atoms with Crippen molar-refractivity contribution in [2.24, 2.45) is 5.41 Å². The molecule has 0 aliphatic rings. The molecule has 1 heteroatoms. The average Bonchev–Trinajstić information content (AvgIpc) is 2.64. The molecule has 0 saturated heterocycles. The van der Waals surface area contributed by atoms with Crippen molar-refractivity contribution in [2.75, 3.05) is 0 Å². The number of benzene rings is 2. The summed E-state index contributed by atoms with van der Waals surface area (Å²) in [7, 11) is 0. The molecule has 1 N–H and O–H groups in total. The lowest BCUT2D eigenvalue weighted by Gasteiger charge is -2.17. The van der Waals surface area contributed by atoms with Gasteiger partial charge in [-0.25, -0.2) is 0 Å². The van der Waals surface area contributed by atoms with E-state index in [0.717, 1.165) is 6.42 Å². The van der Waals surface area contributed by atoms with Crippen LogP contribution in [0.25, 0.3) is 21.8 Å². The molecule has 0 amide bonds. The molecule has 0 fully saturated rings. The maximum absolute atomic E-state index is 3.50. The summed E-state index contributed by atoms with van der Waals surface area (Å²) in [6.45, 7) is 6.84. The largest absolute Gasteiger partial charge is 0.355 e. The van der Waals surface area contributed by atoms with Gasteiger partial charge in [-0.2, -0.15) is 0 Å². The van der Waals surface area contributed by atoms with Crippen LogP contribution in [0, 0.1) is 5.41 Å². The van der Waals surface area contributed by atoms with Crippen LogP contribution < -0.4 is 0 Å². The number of nitrogens with one attached hydrogen (secondary N) is 1. The Morgan fingerprint density at radius 1 is 0.889 bits per heavy atom. The number of rotatable bonds is 1. The number of hydrogen-bond acceptors (Lipinski definition) is 0. The van der Waals surface area contributed by atoms with Crippen molar-refractivity contribution >= 4 is 21.8 Å². The zero-order valence-electron chi connectivity index (χ0n) is 11.2. The van der Waals surface area contributed by atoms with Crippen LogP contribution in [0.1, 0.15) is 26.3 Å². The third-order valence-electron chi connectivity index (χ3n) is 3.31. The highest BCUT2D eigenvalue weighted by atomic mass is 14.7. The van der Waals surface area contributed by atoms with E-state index < -0.39 is 0 Å². The third-order valence-corrected chi connectivity index (χ3v) is 3.31. The molecule has 1 heterocycles. The molecule has 92 valence electrons. The number of hydrogen-bond donors (Lipinski definition) is 1. The molecule has 0 radical (unpaired) electrons. The number of aromatic nitrogens is 1. The van der Waals surface area contributed by atoms with Crippen LogP contribution in [0.5, 0.6) is 0 Å². The Balaban J connectivity index is 2.15. The molecule has 1 aromatic heterocycles. The molecule has 0 atom stereocenters. The standard InChI is InChI=1S/C17H19N/c1-17(2,3)11-12-8-9-14-13-6-4-5-7-15(13)18-16(14)10-12/h4-10,18H,11H2,1-3H3. The van der Waals surface area contributed by atoms with E-state index in [9.17, 15) is 0 Å². The van der Waals surface area contributed by atoms with Gasteiger partial charge in [-0.15, -0.1) is 0 Å². The summed E-state index contributed by atoms with van der Waals surface area (Å²) in [5.41, 5.74) is 4.21. The second-order valence-electron chi connectivity index (χ2n) is 6.29. The Morgan fingerprint density at radius 3 is 2.39 bits per heavy atom. The molecule has 0 bridgehead atoms. The van der Waals surface area contributed by atoms with E-state index in [-0.39, 0.29) is 0 Å². The molecular weight excluding hydrogens is 218 g/mol. The van der Waals surface area contributed by atoms with Gasteiger partial charge in [-0.05, 0) is 29.5 Å². The number of fused-ring (bicyclic) bond motifs is 3. The molecule has 0 aliphatic heterocycles. The average molecular weight is 237 g/mol. The third kappa shape index (κ3) is 2.01. The zero-order valence-corrected chi connectivity index (χ0v) is 11.2. The molecule has 0 aliphatic carbocycles. The Labute approximate surface area is 108 Å². The van der Waals surface area contributed by atoms with Crippen molar-refractivity contribution in [3.05, 3.63) is 48.0 Å². The quantitative estimate of drug-likeness (QED) is 0.619. The molecule has 0 saturated carbocycles. The number of para-hydroxylation sites is 1. The summed E-state index contributed by atoms with van der Waals surface area (Å²) in [6.07, 6.45) is 1.11. The predicted molar refractivity (Wildman–Crippen MR) is 79.0 cm³/mol. The minimum atomic E-state index is 0.333. The molecule has 2 aromatic carbocycles. The Bertz CT molecular complexity index is 698. The maximum atomic E-state index is 3.50. The van der Waals surface area contributed by atoms with Crippen molar-refractivity contribution in [1.82, 2.24) is 4.98 Å². The molecular formula is C17H19N. The Morgan fingerprint density at radius 2 is 1.61 bits per heavy atom. The number of aromatic amines is 1. The normalized spacial score (nSPS) is 12.4. The van der Waals surface area contributed by atoms with Crippen LogP contribution in [-0.2, 0) is 6.42 Å². The van der Waals surface area contributed by atoms with Gasteiger partial charge in [-0.3, -0.25) is 0 Å². The van der Waals surface area contributed by atoms with Gasteiger partial charge in [-0.1, -0.05) is 51.1 Å². The van der Waals surface area contributed by atoms with Crippen molar-refractivity contribution < 1.29 is 0 Å². The van der Waals surface area contributed by atoms with Crippen molar-refractivity contribution in [2.45, 2.75) is 27.2 Å². The van der Waals surface area contributed by atoms with Gasteiger partial charge in [0.2, 0.25) is 0 Å². The lowest BCUT2D eigenvalue weighted by molar-refractivity contribution is 0.411. The molecule has 3 aromatic rings. The van der Waals surface area contributed by atoms with Crippen LogP contribution >= 0.6 is 0 Å². The molecule has 0 unspecified atom stereocenters. The van der Waals surface area contributed by atoms with Crippen molar-refractivity contribution in [3.8, 4) is 0 Å². The molecule has 3 rings (SSSR count). The Hall–Kier alpha value is -1.76. The molecule has 1 nitrogen and oxygen atoms in total. The van der Waals surface area contributed by atoms with Gasteiger partial charge in [0.05, 0.1) is 0 Å². The van der Waals surface area contributed by atoms with E-state index >= 15 is 0 Å². The topological polar surface area (TPSA) is 15.8 Å². The van der Waals surface area contributed by atoms with Crippen LogP contribution in [0.3, 0.4) is 0 Å². The van der Waals surface area contributed by atoms with Gasteiger partial charge < -0.3 is 4.98 Å². The van der Waals surface area contributed by atoms with Crippen LogP contribution in [-0.4, -0.2) is 4.98 Å². The fraction of sp³-hybridized carbons (Fsp3) is 0.294. The van der Waals surface area contributed by atoms with E-state index in [1.165, 1.54) is 27.4 Å². The number of H-pyrrole nitrogens is 1. The van der Waals surface area contributed by atoms with Gasteiger partial charge in [0, 0.05) is 21.8 Å². The summed E-state index contributed by atoms with van der Waals surface area (Å²) in [5, 5.41) is 2.64. The summed E-state index contributed by atoms with van der Waals surface area (Å²) < 4.78 is 0. The fourth-order valence-corrected chi connectivity index (χ4v) is 2.62. The Kier molecular flexibility index (Phi) is 2.44. The van der Waals surface area contributed by atoms with Gasteiger partial charge in [0.1, 0.15) is 0 Å². The molecule has 0 spiro atoms. The first-order valence-corrected chi connectivity index (χ1v) is 6.52. The van der Waals surface area contributed by atoms with Gasteiger partial charge in [0.25, 0.3) is 0 Å². The molecule has 18 heavy (non-hydrogen) atoms. The van der Waals surface area contributed by atoms with Crippen LogP contribution in [0.2, 0.25) is 0 Å². The maximum Gasteiger partial charge on any atom is 0.0467 e. The van der Waals surface area contributed by atoms with E-state index in [4.69, 9.17) is 0 Å². The van der Waals surface area contributed by atoms with E-state index in [2.05, 4.69) is 68.2 Å². The minimum Gasteiger partial charge on any atom is -0.355 e. The minimum absolute atomic E-state index is 0.333. The van der Waals surface area contributed by atoms with Crippen LogP contribution in [0.4, 0.5) is 0 Å². The summed E-state index contributed by atoms with van der Waals surface area (Å²) in [5.74, 6) is 0. The first kappa shape index (κ1) is 11.3. The van der Waals surface area contributed by atoms with Gasteiger partial charge >= 0.3 is 0 Å². The van der Waals surface area contributed by atoms with E-state index in [1.807, 2.05) is 0 Å². The first-order valence-electron chi connectivity index (χ1n) is 6.52. The smallest absolute Gasteiger partial charge is 0.0467 e. The zero-order chi connectivity index (χ0) is 12.8.